The summed E-state index contributed by atoms with van der Waals surface area (Å²) in [6.45, 7) is 8.38. The Morgan fingerprint density at radius 1 is 0.529 bits per heavy atom. The van der Waals surface area contributed by atoms with Crippen LogP contribution in [0.2, 0.25) is 0 Å². The maximum absolute atomic E-state index is 10.1. The van der Waals surface area contributed by atoms with Gasteiger partial charge in [0.2, 0.25) is 0 Å². The molecule has 2 nitrogen and oxygen atoms in total. The van der Waals surface area contributed by atoms with Crippen molar-refractivity contribution in [2.75, 3.05) is 0 Å². The summed E-state index contributed by atoms with van der Waals surface area (Å²) in [5, 5.41) is 19.2. The number of unbranched alkanes of at least 4 members (excludes halogenated alkanes) is 12. The van der Waals surface area contributed by atoms with Crippen LogP contribution >= 0.6 is 0 Å². The van der Waals surface area contributed by atoms with Crippen LogP contribution in [0.3, 0.4) is 0 Å². The molecule has 192 valence electrons. The maximum Gasteiger partial charge on any atom is 0.118 e. The molecule has 0 aromatic heterocycles. The summed E-state index contributed by atoms with van der Waals surface area (Å²) >= 11 is 0. The molecule has 0 radical (unpaired) electrons. The number of phenols is 2. The Morgan fingerprint density at radius 3 is 1.59 bits per heavy atom. The van der Waals surface area contributed by atoms with Crippen LogP contribution in [-0.4, -0.2) is 10.2 Å². The van der Waals surface area contributed by atoms with Gasteiger partial charge >= 0.3 is 0 Å². The summed E-state index contributed by atoms with van der Waals surface area (Å²) in [6.07, 6.45) is 21.0. The van der Waals surface area contributed by atoms with Crippen LogP contribution in [0, 0.1) is 13.8 Å². The average molecular weight is 469 g/mol. The number of aryl methyl sites for hydroxylation is 4. The van der Waals surface area contributed by atoms with E-state index in [1.54, 1.807) is 6.07 Å². The first-order valence-corrected chi connectivity index (χ1v) is 14.0. The Labute approximate surface area is 210 Å². The maximum atomic E-state index is 10.1. The van der Waals surface area contributed by atoms with Crippen LogP contribution < -0.4 is 0 Å². The average Bonchev–Trinajstić information content (AvgIpc) is 2.82. The Hall–Kier alpha value is -1.96. The van der Waals surface area contributed by atoms with E-state index in [0.717, 1.165) is 29.5 Å². The van der Waals surface area contributed by atoms with Gasteiger partial charge in [-0.15, -0.1) is 0 Å². The first-order chi connectivity index (χ1) is 16.5. The van der Waals surface area contributed by atoms with Gasteiger partial charge in [0, 0.05) is 0 Å². The summed E-state index contributed by atoms with van der Waals surface area (Å²) < 4.78 is 0. The standard InChI is InChI=1S/C24H42O.C8H10O/c1-3-5-7-9-11-13-15-17-22-19-20-24(25)23(21-22)18-16-14-12-10-8-6-4-2;1-6-3-4-7(2)8(9)5-6/h19-21,25H,3-18H2,1-2H3;3-5,9H,1-2H3. The predicted octanol–water partition coefficient (Wildman–Crippen LogP) is 9.99. The van der Waals surface area contributed by atoms with E-state index >= 15 is 0 Å². The van der Waals surface area contributed by atoms with Crippen LogP contribution in [0.15, 0.2) is 36.4 Å². The monoisotopic (exact) mass is 468 g/mol. The number of rotatable bonds is 16. The van der Waals surface area contributed by atoms with E-state index in [-0.39, 0.29) is 0 Å². The smallest absolute Gasteiger partial charge is 0.118 e. The molecule has 0 saturated heterocycles. The van der Waals surface area contributed by atoms with Gasteiger partial charge in [0.15, 0.2) is 0 Å². The molecule has 2 aromatic rings. The van der Waals surface area contributed by atoms with Gasteiger partial charge in [0.1, 0.15) is 11.5 Å². The molecule has 0 aliphatic heterocycles. The molecule has 2 N–H and O–H groups in total. The molecular formula is C32H52O2. The van der Waals surface area contributed by atoms with Gasteiger partial charge in [0.25, 0.3) is 0 Å². The zero-order valence-electron chi connectivity index (χ0n) is 22.7. The largest absolute Gasteiger partial charge is 0.508 e. The Morgan fingerprint density at radius 2 is 1.06 bits per heavy atom. The second-order valence-electron chi connectivity index (χ2n) is 10.00. The van der Waals surface area contributed by atoms with Crippen molar-refractivity contribution in [2.24, 2.45) is 0 Å². The van der Waals surface area contributed by atoms with Crippen molar-refractivity contribution in [2.45, 2.75) is 130 Å². The fourth-order valence-electron chi connectivity index (χ4n) is 4.27. The molecule has 2 heteroatoms. The van der Waals surface area contributed by atoms with Gasteiger partial charge in [-0.3, -0.25) is 0 Å². The highest BCUT2D eigenvalue weighted by molar-refractivity contribution is 5.36. The molecule has 0 heterocycles. The van der Waals surface area contributed by atoms with E-state index in [2.05, 4.69) is 26.0 Å². The molecule has 2 rings (SSSR count). The topological polar surface area (TPSA) is 40.5 Å². The second-order valence-corrected chi connectivity index (χ2v) is 10.00. The lowest BCUT2D eigenvalue weighted by atomic mass is 9.99. The van der Waals surface area contributed by atoms with E-state index in [4.69, 9.17) is 5.11 Å². The van der Waals surface area contributed by atoms with Gasteiger partial charge in [-0.2, -0.15) is 0 Å². The number of benzene rings is 2. The molecule has 0 saturated carbocycles. The van der Waals surface area contributed by atoms with Crippen molar-refractivity contribution in [1.82, 2.24) is 0 Å². The quantitative estimate of drug-likeness (QED) is 0.241. The third-order valence-electron chi connectivity index (χ3n) is 6.63. The van der Waals surface area contributed by atoms with E-state index in [1.807, 2.05) is 32.0 Å². The molecule has 0 spiro atoms. The Kier molecular flexibility index (Phi) is 17.1. The lowest BCUT2D eigenvalue weighted by Gasteiger charge is -2.08. The summed E-state index contributed by atoms with van der Waals surface area (Å²) in [4.78, 5) is 0. The molecule has 34 heavy (non-hydrogen) atoms. The first kappa shape index (κ1) is 30.1. The van der Waals surface area contributed by atoms with E-state index < -0.39 is 0 Å². The molecule has 0 aliphatic carbocycles. The summed E-state index contributed by atoms with van der Waals surface area (Å²) in [5.74, 6) is 0.879. The molecule has 0 unspecified atom stereocenters. The van der Waals surface area contributed by atoms with Crippen molar-refractivity contribution < 1.29 is 10.2 Å². The zero-order chi connectivity index (χ0) is 25.0. The number of aromatic hydroxyl groups is 2. The number of phenolic OH excluding ortho intramolecular Hbond substituents is 2. The lowest BCUT2D eigenvalue weighted by molar-refractivity contribution is 0.465. The highest BCUT2D eigenvalue weighted by atomic mass is 16.3. The van der Waals surface area contributed by atoms with E-state index in [9.17, 15) is 5.11 Å². The van der Waals surface area contributed by atoms with E-state index in [1.165, 1.54) is 95.5 Å². The predicted molar refractivity (Wildman–Crippen MR) is 149 cm³/mol. The SMILES string of the molecule is CCCCCCCCCc1ccc(O)c(CCCCCCCCC)c1.Cc1ccc(C)c(O)c1. The van der Waals surface area contributed by atoms with Crippen molar-refractivity contribution in [1.29, 1.82) is 0 Å². The first-order valence-electron chi connectivity index (χ1n) is 14.0. The zero-order valence-corrected chi connectivity index (χ0v) is 22.7. The summed E-state index contributed by atoms with van der Waals surface area (Å²) in [7, 11) is 0. The third-order valence-corrected chi connectivity index (χ3v) is 6.63. The molecular weight excluding hydrogens is 416 g/mol. The van der Waals surface area contributed by atoms with Crippen LogP contribution in [0.1, 0.15) is 126 Å². The van der Waals surface area contributed by atoms with Crippen molar-refractivity contribution >= 4 is 0 Å². The van der Waals surface area contributed by atoms with Gasteiger partial charge in [-0.1, -0.05) is 115 Å². The van der Waals surface area contributed by atoms with Gasteiger partial charge < -0.3 is 10.2 Å². The lowest BCUT2D eigenvalue weighted by Crippen LogP contribution is -1.92. The second kappa shape index (κ2) is 19.4. The minimum atomic E-state index is 0.384. The van der Waals surface area contributed by atoms with Gasteiger partial charge in [0.05, 0.1) is 0 Å². The van der Waals surface area contributed by atoms with E-state index in [0.29, 0.717) is 11.5 Å². The van der Waals surface area contributed by atoms with Gasteiger partial charge in [-0.25, -0.2) is 0 Å². The van der Waals surface area contributed by atoms with Crippen molar-refractivity contribution in [3.05, 3.63) is 58.7 Å². The van der Waals surface area contributed by atoms with Crippen molar-refractivity contribution in [3.63, 3.8) is 0 Å². The highest BCUT2D eigenvalue weighted by Crippen LogP contribution is 2.23. The fraction of sp³-hybridized carbons (Fsp3) is 0.625. The van der Waals surface area contributed by atoms with Crippen LogP contribution in [0.5, 0.6) is 11.5 Å². The number of hydrogen-bond acceptors (Lipinski definition) is 2. The number of hydrogen-bond donors (Lipinski definition) is 2. The molecule has 0 bridgehead atoms. The minimum absolute atomic E-state index is 0.384. The van der Waals surface area contributed by atoms with Crippen LogP contribution in [0.25, 0.3) is 0 Å². The fourth-order valence-corrected chi connectivity index (χ4v) is 4.27. The van der Waals surface area contributed by atoms with Crippen LogP contribution in [0.4, 0.5) is 0 Å². The minimum Gasteiger partial charge on any atom is -0.508 e. The Balaban J connectivity index is 0.000000533. The normalized spacial score (nSPS) is 10.7. The molecule has 0 amide bonds. The molecule has 0 atom stereocenters. The van der Waals surface area contributed by atoms with Crippen molar-refractivity contribution in [3.8, 4) is 11.5 Å². The molecule has 2 aromatic carbocycles. The highest BCUT2D eigenvalue weighted by Gasteiger charge is 2.04. The van der Waals surface area contributed by atoms with Gasteiger partial charge in [-0.05, 0) is 73.9 Å². The third kappa shape index (κ3) is 14.3. The van der Waals surface area contributed by atoms with Crippen LogP contribution in [-0.2, 0) is 12.8 Å². The molecule has 0 fully saturated rings. The molecule has 0 aliphatic rings. The summed E-state index contributed by atoms with van der Waals surface area (Å²) in [6, 6.07) is 11.9. The summed E-state index contributed by atoms with van der Waals surface area (Å²) in [5.41, 5.74) is 4.59. The Bertz CT molecular complexity index is 766.